The van der Waals surface area contributed by atoms with Crippen molar-refractivity contribution in [2.75, 3.05) is 51.6 Å². The van der Waals surface area contributed by atoms with Crippen LogP contribution in [0.2, 0.25) is 0 Å². The molecule has 47 heavy (non-hydrogen) atoms. The topological polar surface area (TPSA) is 85.4 Å². The van der Waals surface area contributed by atoms with E-state index in [0.717, 1.165) is 67.3 Å². The average Bonchev–Trinajstić information content (AvgIpc) is 3.08. The number of ether oxygens (including phenoxy) is 1. The first-order chi connectivity index (χ1) is 22.7. The average molecular weight is 644 g/mol. The maximum absolute atomic E-state index is 14.2. The first-order valence-corrected chi connectivity index (χ1v) is 17.9. The van der Waals surface area contributed by atoms with Crippen molar-refractivity contribution in [3.05, 3.63) is 59.7 Å². The Morgan fingerprint density at radius 3 is 2.21 bits per heavy atom. The molecule has 4 amide bonds. The van der Waals surface area contributed by atoms with Gasteiger partial charge in [0.15, 0.2) is 0 Å². The summed E-state index contributed by atoms with van der Waals surface area (Å²) in [6, 6.07) is 15.9. The van der Waals surface area contributed by atoms with Crippen molar-refractivity contribution < 1.29 is 19.1 Å². The van der Waals surface area contributed by atoms with Crippen molar-refractivity contribution in [1.82, 2.24) is 19.6 Å². The van der Waals surface area contributed by atoms with Crippen LogP contribution in [0.4, 0.5) is 10.5 Å². The summed E-state index contributed by atoms with van der Waals surface area (Å²) in [5.74, 6) is 1.96. The van der Waals surface area contributed by atoms with E-state index in [9.17, 15) is 14.4 Å². The Balaban J connectivity index is 1.08. The summed E-state index contributed by atoms with van der Waals surface area (Å²) in [5.41, 5.74) is 3.01. The van der Waals surface area contributed by atoms with Gasteiger partial charge in [-0.3, -0.25) is 9.59 Å². The molecule has 9 nitrogen and oxygen atoms in total. The number of rotatable bonds is 9. The third-order valence-electron chi connectivity index (χ3n) is 10.9. The second-order valence-electron chi connectivity index (χ2n) is 14.5. The van der Waals surface area contributed by atoms with E-state index in [1.807, 2.05) is 71.0 Å². The molecule has 6 rings (SSSR count). The lowest BCUT2D eigenvalue weighted by Crippen LogP contribution is -2.51. The lowest BCUT2D eigenvalue weighted by atomic mass is 9.78. The Hall–Kier alpha value is -3.59. The zero-order chi connectivity index (χ0) is 32.9. The summed E-state index contributed by atoms with van der Waals surface area (Å²) in [6.07, 6.45) is 6.87. The fraction of sp³-hybridized carbons (Fsp3) is 0.605. The van der Waals surface area contributed by atoms with Crippen LogP contribution in [-0.2, 0) is 22.6 Å². The predicted octanol–water partition coefficient (Wildman–Crippen LogP) is 5.64. The fourth-order valence-corrected chi connectivity index (χ4v) is 8.18. The van der Waals surface area contributed by atoms with Crippen molar-refractivity contribution in [3.8, 4) is 5.75 Å². The van der Waals surface area contributed by atoms with E-state index in [2.05, 4.69) is 23.3 Å². The molecule has 2 aromatic carbocycles. The SMILES string of the molecule is CC(C)Oc1cccc(C[C@H](CC(=O)N2CCC(N3Cc4ccccc4NC3=O)CC2)C(=O)N2CCC(C3CCN(C)CC3)CC2)c1. The molecule has 0 spiro atoms. The van der Waals surface area contributed by atoms with Crippen LogP contribution in [0.15, 0.2) is 48.5 Å². The van der Waals surface area contributed by atoms with Gasteiger partial charge < -0.3 is 29.7 Å². The Kier molecular flexibility index (Phi) is 10.7. The zero-order valence-corrected chi connectivity index (χ0v) is 28.5. The molecule has 3 fully saturated rings. The normalized spacial score (nSPS) is 21.0. The highest BCUT2D eigenvalue weighted by Crippen LogP contribution is 2.34. The quantitative estimate of drug-likeness (QED) is 0.382. The lowest BCUT2D eigenvalue weighted by molar-refractivity contribution is -0.143. The van der Waals surface area contributed by atoms with E-state index in [-0.39, 0.29) is 36.4 Å². The summed E-state index contributed by atoms with van der Waals surface area (Å²) in [4.78, 5) is 49.2. The molecule has 0 radical (unpaired) electrons. The number of fused-ring (bicyclic) bond motifs is 1. The first-order valence-electron chi connectivity index (χ1n) is 17.9. The minimum atomic E-state index is -0.418. The van der Waals surface area contributed by atoms with Crippen molar-refractivity contribution in [1.29, 1.82) is 0 Å². The number of nitrogens with one attached hydrogen (secondary N) is 1. The van der Waals surface area contributed by atoms with E-state index < -0.39 is 5.92 Å². The van der Waals surface area contributed by atoms with Crippen LogP contribution in [-0.4, -0.2) is 95.9 Å². The molecular formula is C38H53N5O4. The van der Waals surface area contributed by atoms with Crippen LogP contribution in [0, 0.1) is 17.8 Å². The Morgan fingerprint density at radius 2 is 1.51 bits per heavy atom. The molecule has 4 aliphatic rings. The highest BCUT2D eigenvalue weighted by Gasteiger charge is 2.36. The van der Waals surface area contributed by atoms with Crippen LogP contribution in [0.3, 0.4) is 0 Å². The van der Waals surface area contributed by atoms with Gasteiger partial charge in [-0.25, -0.2) is 4.79 Å². The standard InChI is InChI=1S/C38H53N5O4/c1-27(2)47-34-9-6-7-28(24-34)23-32(37(45)42-19-13-30(14-20-42)29-11-17-40(3)18-12-29)25-36(44)41-21-15-33(16-22-41)43-26-31-8-4-5-10-35(31)39-38(43)46/h4-10,24,27,29-30,32-33H,11-23,25-26H2,1-3H3,(H,39,46)/t32-/m1/s1. The minimum absolute atomic E-state index is 0.0334. The van der Waals surface area contributed by atoms with Gasteiger partial charge >= 0.3 is 6.03 Å². The van der Waals surface area contributed by atoms with Crippen molar-refractivity contribution in [2.24, 2.45) is 17.8 Å². The number of carbonyl (C=O) groups excluding carboxylic acids is 3. The van der Waals surface area contributed by atoms with Gasteiger partial charge in [-0.2, -0.15) is 0 Å². The Labute approximate surface area is 280 Å². The van der Waals surface area contributed by atoms with Crippen LogP contribution >= 0.6 is 0 Å². The molecule has 0 aliphatic carbocycles. The maximum atomic E-state index is 14.2. The monoisotopic (exact) mass is 643 g/mol. The largest absolute Gasteiger partial charge is 0.491 e. The smallest absolute Gasteiger partial charge is 0.322 e. The second kappa shape index (κ2) is 15.1. The fourth-order valence-electron chi connectivity index (χ4n) is 8.18. The molecule has 2 aromatic rings. The number of hydrogen-bond acceptors (Lipinski definition) is 5. The lowest BCUT2D eigenvalue weighted by Gasteiger charge is -2.41. The number of benzene rings is 2. The van der Waals surface area contributed by atoms with Crippen LogP contribution in [0.25, 0.3) is 0 Å². The number of anilines is 1. The zero-order valence-electron chi connectivity index (χ0n) is 28.5. The molecule has 0 bridgehead atoms. The summed E-state index contributed by atoms with van der Waals surface area (Å²) in [6.45, 7) is 9.69. The Morgan fingerprint density at radius 1 is 0.851 bits per heavy atom. The number of likely N-dealkylation sites (tertiary alicyclic amines) is 3. The third-order valence-corrected chi connectivity index (χ3v) is 10.9. The number of carbonyl (C=O) groups is 3. The number of urea groups is 1. The molecule has 0 saturated carbocycles. The summed E-state index contributed by atoms with van der Waals surface area (Å²) >= 11 is 0. The molecule has 1 atom stereocenters. The van der Waals surface area contributed by atoms with Gasteiger partial charge in [0, 0.05) is 50.9 Å². The summed E-state index contributed by atoms with van der Waals surface area (Å²) < 4.78 is 5.95. The van der Waals surface area contributed by atoms with Crippen molar-refractivity contribution in [3.63, 3.8) is 0 Å². The van der Waals surface area contributed by atoms with Gasteiger partial charge in [0.2, 0.25) is 11.8 Å². The van der Waals surface area contributed by atoms with E-state index in [1.165, 1.54) is 25.9 Å². The molecule has 1 N–H and O–H groups in total. The van der Waals surface area contributed by atoms with Gasteiger partial charge in [0.1, 0.15) is 5.75 Å². The van der Waals surface area contributed by atoms with E-state index in [1.54, 1.807) is 0 Å². The molecule has 4 heterocycles. The molecule has 254 valence electrons. The van der Waals surface area contributed by atoms with E-state index in [4.69, 9.17) is 4.74 Å². The molecule has 3 saturated heterocycles. The summed E-state index contributed by atoms with van der Waals surface area (Å²) in [5, 5.41) is 3.02. The highest BCUT2D eigenvalue weighted by molar-refractivity contribution is 5.92. The number of para-hydroxylation sites is 1. The van der Waals surface area contributed by atoms with E-state index >= 15 is 0 Å². The Bertz CT molecular complexity index is 1390. The molecule has 4 aliphatic heterocycles. The number of nitrogens with zero attached hydrogens (tertiary/aromatic N) is 4. The van der Waals surface area contributed by atoms with Crippen LogP contribution in [0.1, 0.15) is 69.9 Å². The van der Waals surface area contributed by atoms with Gasteiger partial charge in [0.05, 0.1) is 12.0 Å². The van der Waals surface area contributed by atoms with Gasteiger partial charge in [-0.1, -0.05) is 30.3 Å². The number of amides is 4. The maximum Gasteiger partial charge on any atom is 0.322 e. The minimum Gasteiger partial charge on any atom is -0.491 e. The summed E-state index contributed by atoms with van der Waals surface area (Å²) in [7, 11) is 2.21. The molecular weight excluding hydrogens is 590 g/mol. The van der Waals surface area contributed by atoms with E-state index in [0.29, 0.717) is 32.0 Å². The first kappa shape index (κ1) is 33.3. The van der Waals surface area contributed by atoms with Crippen molar-refractivity contribution in [2.45, 2.75) is 83.9 Å². The predicted molar refractivity (Wildman–Crippen MR) is 184 cm³/mol. The van der Waals surface area contributed by atoms with Crippen LogP contribution < -0.4 is 10.1 Å². The molecule has 0 unspecified atom stereocenters. The van der Waals surface area contributed by atoms with Gasteiger partial charge in [-0.05, 0) is 120 Å². The van der Waals surface area contributed by atoms with Crippen LogP contribution in [0.5, 0.6) is 5.75 Å². The van der Waals surface area contributed by atoms with Gasteiger partial charge in [-0.15, -0.1) is 0 Å². The number of hydrogen-bond donors (Lipinski definition) is 1. The number of piperidine rings is 3. The van der Waals surface area contributed by atoms with Gasteiger partial charge in [0.25, 0.3) is 0 Å². The highest BCUT2D eigenvalue weighted by atomic mass is 16.5. The molecule has 9 heteroatoms. The molecule has 0 aromatic heterocycles. The van der Waals surface area contributed by atoms with Crippen molar-refractivity contribution >= 4 is 23.5 Å². The second-order valence-corrected chi connectivity index (χ2v) is 14.5. The third kappa shape index (κ3) is 8.29.